The molecule has 1 aromatic carbocycles. The largest absolute Gasteiger partial charge is 0.396 e. The lowest BCUT2D eigenvalue weighted by Gasteiger charge is -2.53. The molecule has 1 aromatic rings. The van der Waals surface area contributed by atoms with E-state index >= 15 is 0 Å². The topological polar surface area (TPSA) is 43.8 Å². The normalized spacial score (nSPS) is 26.0. The quantitative estimate of drug-likeness (QED) is 0.913. The number of carbonyl (C=O) groups is 1. The summed E-state index contributed by atoms with van der Waals surface area (Å²) in [4.78, 5) is 16.6. The first-order chi connectivity index (χ1) is 11.5. The van der Waals surface area contributed by atoms with Gasteiger partial charge in [0.25, 0.3) is 5.91 Å². The molecule has 1 amide bonds. The van der Waals surface area contributed by atoms with Crippen molar-refractivity contribution in [1.82, 2.24) is 9.80 Å². The smallest absolute Gasteiger partial charge is 0.254 e. The summed E-state index contributed by atoms with van der Waals surface area (Å²) in [6, 6.07) is 2.95. The van der Waals surface area contributed by atoms with E-state index in [1.807, 2.05) is 0 Å². The molecule has 0 radical (unpaired) electrons. The van der Waals surface area contributed by atoms with Crippen LogP contribution in [0.1, 0.15) is 29.6 Å². The molecule has 1 aliphatic carbocycles. The third-order valence-corrected chi connectivity index (χ3v) is 5.62. The SMILES string of the molecule is O=C(c1cc(F)cc(F)c1)N1CC2(C[C@@H](CO)CN2CC2CC2)C1. The summed E-state index contributed by atoms with van der Waals surface area (Å²) in [5.74, 6) is -0.776. The third-order valence-electron chi connectivity index (χ3n) is 5.62. The maximum Gasteiger partial charge on any atom is 0.254 e. The average Bonchev–Trinajstić information content (AvgIpc) is 3.23. The molecule has 2 aliphatic heterocycles. The summed E-state index contributed by atoms with van der Waals surface area (Å²) in [5.41, 5.74) is 0.00476. The van der Waals surface area contributed by atoms with Gasteiger partial charge in [0.15, 0.2) is 0 Å². The first-order valence-corrected chi connectivity index (χ1v) is 8.60. The molecule has 4 nitrogen and oxygen atoms in total. The highest BCUT2D eigenvalue weighted by atomic mass is 19.1. The van der Waals surface area contributed by atoms with E-state index in [4.69, 9.17) is 0 Å². The number of hydrogen-bond acceptors (Lipinski definition) is 3. The Balaban J connectivity index is 1.46. The maximum absolute atomic E-state index is 13.3. The molecule has 130 valence electrons. The van der Waals surface area contributed by atoms with Crippen LogP contribution in [-0.4, -0.2) is 59.1 Å². The van der Waals surface area contributed by atoms with Crippen LogP contribution < -0.4 is 0 Å². The summed E-state index contributed by atoms with van der Waals surface area (Å²) >= 11 is 0. The summed E-state index contributed by atoms with van der Waals surface area (Å²) < 4.78 is 26.7. The van der Waals surface area contributed by atoms with Gasteiger partial charge in [-0.3, -0.25) is 9.69 Å². The molecule has 3 fully saturated rings. The van der Waals surface area contributed by atoms with Crippen LogP contribution in [0.25, 0.3) is 0 Å². The summed E-state index contributed by atoms with van der Waals surface area (Å²) in [6.07, 6.45) is 3.42. The van der Waals surface area contributed by atoms with Crippen LogP contribution in [-0.2, 0) is 0 Å². The number of aliphatic hydroxyl groups excluding tert-OH is 1. The zero-order chi connectivity index (χ0) is 16.9. The number of carbonyl (C=O) groups excluding carboxylic acids is 1. The van der Waals surface area contributed by atoms with Crippen LogP contribution in [0.4, 0.5) is 8.78 Å². The lowest BCUT2D eigenvalue weighted by atomic mass is 9.84. The van der Waals surface area contributed by atoms with Crippen molar-refractivity contribution in [2.45, 2.75) is 24.8 Å². The number of halogens is 2. The number of benzene rings is 1. The number of aliphatic hydroxyl groups is 1. The van der Waals surface area contributed by atoms with E-state index in [9.17, 15) is 18.7 Å². The molecule has 2 heterocycles. The van der Waals surface area contributed by atoms with E-state index in [2.05, 4.69) is 4.90 Å². The Morgan fingerprint density at radius 2 is 1.83 bits per heavy atom. The van der Waals surface area contributed by atoms with Crippen molar-refractivity contribution < 1.29 is 18.7 Å². The van der Waals surface area contributed by atoms with Crippen molar-refractivity contribution in [2.24, 2.45) is 11.8 Å². The Bertz CT molecular complexity index is 636. The van der Waals surface area contributed by atoms with E-state index in [-0.39, 0.29) is 29.5 Å². The van der Waals surface area contributed by atoms with Gasteiger partial charge >= 0.3 is 0 Å². The molecule has 1 spiro atoms. The zero-order valence-corrected chi connectivity index (χ0v) is 13.5. The molecule has 3 aliphatic rings. The van der Waals surface area contributed by atoms with Crippen LogP contribution in [0.5, 0.6) is 0 Å². The number of rotatable bonds is 4. The second-order valence-corrected chi connectivity index (χ2v) is 7.64. The number of hydrogen-bond donors (Lipinski definition) is 1. The van der Waals surface area contributed by atoms with Gasteiger partial charge in [0.05, 0.1) is 5.54 Å². The van der Waals surface area contributed by atoms with Crippen molar-refractivity contribution in [3.63, 3.8) is 0 Å². The lowest BCUT2D eigenvalue weighted by Crippen LogP contribution is -2.69. The second-order valence-electron chi connectivity index (χ2n) is 7.64. The number of likely N-dealkylation sites (tertiary alicyclic amines) is 2. The fourth-order valence-electron chi connectivity index (χ4n) is 4.24. The maximum atomic E-state index is 13.3. The Hall–Kier alpha value is -1.53. The van der Waals surface area contributed by atoms with Crippen LogP contribution in [0.15, 0.2) is 18.2 Å². The van der Waals surface area contributed by atoms with Crippen LogP contribution in [0, 0.1) is 23.5 Å². The van der Waals surface area contributed by atoms with E-state index in [1.54, 1.807) is 4.90 Å². The van der Waals surface area contributed by atoms with Gasteiger partial charge in [-0.25, -0.2) is 8.78 Å². The van der Waals surface area contributed by atoms with Crippen molar-refractivity contribution in [2.75, 3.05) is 32.8 Å². The van der Waals surface area contributed by atoms with Gasteiger partial charge in [-0.2, -0.15) is 0 Å². The minimum absolute atomic E-state index is 0.0580. The van der Waals surface area contributed by atoms with Crippen molar-refractivity contribution >= 4 is 5.91 Å². The predicted octanol–water partition coefficient (Wildman–Crippen LogP) is 1.88. The molecule has 4 rings (SSSR count). The highest BCUT2D eigenvalue weighted by molar-refractivity contribution is 5.95. The van der Waals surface area contributed by atoms with Gasteiger partial charge in [0, 0.05) is 44.4 Å². The fourth-order valence-corrected chi connectivity index (χ4v) is 4.24. The second kappa shape index (κ2) is 5.77. The first-order valence-electron chi connectivity index (χ1n) is 8.60. The molecule has 0 aromatic heterocycles. The highest BCUT2D eigenvalue weighted by Gasteiger charge is 2.55. The first kappa shape index (κ1) is 16.0. The molecule has 2 saturated heterocycles. The molecule has 1 atom stereocenters. The minimum atomic E-state index is -0.731. The average molecular weight is 336 g/mol. The summed E-state index contributed by atoms with van der Waals surface area (Å²) in [7, 11) is 0. The van der Waals surface area contributed by atoms with Crippen LogP contribution >= 0.6 is 0 Å². The van der Waals surface area contributed by atoms with E-state index < -0.39 is 11.6 Å². The van der Waals surface area contributed by atoms with Gasteiger partial charge < -0.3 is 10.0 Å². The molecule has 1 saturated carbocycles. The van der Waals surface area contributed by atoms with Gasteiger partial charge in [0.2, 0.25) is 0 Å². The van der Waals surface area contributed by atoms with Crippen molar-refractivity contribution in [1.29, 1.82) is 0 Å². The minimum Gasteiger partial charge on any atom is -0.396 e. The Kier molecular flexibility index (Phi) is 3.84. The summed E-state index contributed by atoms with van der Waals surface area (Å²) in [6.45, 7) is 3.24. The van der Waals surface area contributed by atoms with Gasteiger partial charge in [-0.15, -0.1) is 0 Å². The van der Waals surface area contributed by atoms with E-state index in [0.717, 1.165) is 43.6 Å². The van der Waals surface area contributed by atoms with E-state index in [0.29, 0.717) is 13.1 Å². The Morgan fingerprint density at radius 1 is 1.17 bits per heavy atom. The standard InChI is InChI=1S/C18H22F2N2O2/c19-15-3-14(4-16(20)5-15)17(24)21-10-18(11-21)6-13(9-23)8-22(18)7-12-1-2-12/h3-5,12-13,23H,1-2,6-11H2/t13-/m1/s1. The zero-order valence-electron chi connectivity index (χ0n) is 13.5. The van der Waals surface area contributed by atoms with Crippen LogP contribution in [0.3, 0.4) is 0 Å². The number of nitrogens with zero attached hydrogens (tertiary/aromatic N) is 2. The van der Waals surface area contributed by atoms with Crippen molar-refractivity contribution in [3.8, 4) is 0 Å². The van der Waals surface area contributed by atoms with Gasteiger partial charge in [0.1, 0.15) is 11.6 Å². The van der Waals surface area contributed by atoms with E-state index in [1.165, 1.54) is 12.8 Å². The Morgan fingerprint density at radius 3 is 2.42 bits per heavy atom. The molecular weight excluding hydrogens is 314 g/mol. The molecule has 6 heteroatoms. The Labute approximate surface area is 140 Å². The van der Waals surface area contributed by atoms with Crippen LogP contribution in [0.2, 0.25) is 0 Å². The van der Waals surface area contributed by atoms with Gasteiger partial charge in [-0.1, -0.05) is 0 Å². The van der Waals surface area contributed by atoms with Gasteiger partial charge in [-0.05, 0) is 43.2 Å². The molecule has 24 heavy (non-hydrogen) atoms. The predicted molar refractivity (Wildman–Crippen MR) is 84.5 cm³/mol. The molecule has 0 bridgehead atoms. The highest BCUT2D eigenvalue weighted by Crippen LogP contribution is 2.43. The van der Waals surface area contributed by atoms with Crippen molar-refractivity contribution in [3.05, 3.63) is 35.4 Å². The summed E-state index contributed by atoms with van der Waals surface area (Å²) in [5, 5.41) is 9.51. The lowest BCUT2D eigenvalue weighted by molar-refractivity contribution is -0.0200. The number of amides is 1. The monoisotopic (exact) mass is 336 g/mol. The molecular formula is C18H22F2N2O2. The molecule has 0 unspecified atom stereocenters. The molecule has 1 N–H and O–H groups in total. The third kappa shape index (κ3) is 2.82. The fraction of sp³-hybridized carbons (Fsp3) is 0.611.